The first-order valence-corrected chi connectivity index (χ1v) is 7.59. The number of aryl methyl sites for hydroxylation is 2. The van der Waals surface area contributed by atoms with Crippen molar-refractivity contribution in [3.05, 3.63) is 68.7 Å². The van der Waals surface area contributed by atoms with Gasteiger partial charge in [-0.2, -0.15) is 0 Å². The number of aliphatic hydroxyl groups is 1. The first-order valence-electron chi connectivity index (χ1n) is 6.83. The monoisotopic (exact) mass is 323 g/mol. The third-order valence-corrected chi connectivity index (χ3v) is 4.33. The Labute approximate surface area is 135 Å². The van der Waals surface area contributed by atoms with E-state index >= 15 is 0 Å². The summed E-state index contributed by atoms with van der Waals surface area (Å²) in [4.78, 5) is 0. The number of nitrogens with two attached hydrogens (primary N) is 1. The number of rotatable bonds is 4. The van der Waals surface area contributed by atoms with E-state index in [9.17, 15) is 5.11 Å². The van der Waals surface area contributed by atoms with E-state index in [1.807, 2.05) is 32.0 Å². The maximum Gasteiger partial charge on any atom is 0.0870 e. The molecular formula is C17H19Cl2NO. The van der Waals surface area contributed by atoms with Crippen LogP contribution in [0.5, 0.6) is 0 Å². The van der Waals surface area contributed by atoms with Gasteiger partial charge in [-0.05, 0) is 37.1 Å². The molecule has 0 fully saturated rings. The Kier molecular flexibility index (Phi) is 5.28. The minimum absolute atomic E-state index is 0.221. The number of aliphatic hydroxyl groups excluding tert-OH is 1. The summed E-state index contributed by atoms with van der Waals surface area (Å²) in [5.41, 5.74) is 9.87. The molecular weight excluding hydrogens is 305 g/mol. The van der Waals surface area contributed by atoms with E-state index in [4.69, 9.17) is 28.9 Å². The van der Waals surface area contributed by atoms with Crippen LogP contribution >= 0.6 is 23.2 Å². The molecule has 2 unspecified atom stereocenters. The molecule has 21 heavy (non-hydrogen) atoms. The summed E-state index contributed by atoms with van der Waals surface area (Å²) in [7, 11) is 0. The molecule has 0 aliphatic heterocycles. The molecule has 2 aromatic carbocycles. The smallest absolute Gasteiger partial charge is 0.0870 e. The van der Waals surface area contributed by atoms with E-state index in [2.05, 4.69) is 6.07 Å². The van der Waals surface area contributed by atoms with Crippen LogP contribution < -0.4 is 5.73 Å². The summed E-state index contributed by atoms with van der Waals surface area (Å²) in [6, 6.07) is 11.4. The molecule has 0 saturated heterocycles. The number of hydrogen-bond donors (Lipinski definition) is 2. The van der Waals surface area contributed by atoms with E-state index < -0.39 is 6.10 Å². The molecule has 4 heteroatoms. The number of halogens is 2. The van der Waals surface area contributed by atoms with Gasteiger partial charge >= 0.3 is 0 Å². The Balaban J connectivity index is 2.37. The molecule has 0 aliphatic rings. The first kappa shape index (κ1) is 16.3. The average Bonchev–Trinajstić information content (AvgIpc) is 2.42. The second-order valence-corrected chi connectivity index (χ2v) is 6.20. The van der Waals surface area contributed by atoms with Gasteiger partial charge in [0.05, 0.1) is 16.1 Å². The van der Waals surface area contributed by atoms with Gasteiger partial charge in [0.2, 0.25) is 0 Å². The third-order valence-electron chi connectivity index (χ3n) is 3.59. The molecule has 2 atom stereocenters. The largest absolute Gasteiger partial charge is 0.388 e. The molecule has 0 heterocycles. The lowest BCUT2D eigenvalue weighted by Gasteiger charge is -2.23. The second kappa shape index (κ2) is 6.80. The highest BCUT2D eigenvalue weighted by Crippen LogP contribution is 2.34. The van der Waals surface area contributed by atoms with Crippen LogP contribution in [-0.4, -0.2) is 11.7 Å². The molecule has 0 aromatic heterocycles. The SMILES string of the molecule is Cc1cc(C)cc(C(O)C(CN)c2ccc(Cl)c(Cl)c2)c1. The highest BCUT2D eigenvalue weighted by molar-refractivity contribution is 6.42. The molecule has 0 spiro atoms. The van der Waals surface area contributed by atoms with E-state index in [1.165, 1.54) is 0 Å². The van der Waals surface area contributed by atoms with Gasteiger partial charge in [0.25, 0.3) is 0 Å². The maximum absolute atomic E-state index is 10.7. The fourth-order valence-electron chi connectivity index (χ4n) is 2.60. The Bertz CT molecular complexity index is 622. The van der Waals surface area contributed by atoms with Crippen LogP contribution in [0.1, 0.15) is 34.3 Å². The van der Waals surface area contributed by atoms with Crippen molar-refractivity contribution in [1.29, 1.82) is 0 Å². The first-order chi connectivity index (χ1) is 9.92. The van der Waals surface area contributed by atoms with Crippen LogP contribution in [-0.2, 0) is 0 Å². The topological polar surface area (TPSA) is 46.2 Å². The zero-order valence-corrected chi connectivity index (χ0v) is 13.6. The second-order valence-electron chi connectivity index (χ2n) is 5.38. The van der Waals surface area contributed by atoms with E-state index in [0.717, 1.165) is 22.3 Å². The van der Waals surface area contributed by atoms with Gasteiger partial charge in [0, 0.05) is 12.5 Å². The molecule has 112 valence electrons. The molecule has 0 bridgehead atoms. The van der Waals surface area contributed by atoms with Crippen LogP contribution in [0.15, 0.2) is 36.4 Å². The van der Waals surface area contributed by atoms with E-state index in [-0.39, 0.29) is 5.92 Å². The van der Waals surface area contributed by atoms with E-state index in [1.54, 1.807) is 12.1 Å². The summed E-state index contributed by atoms with van der Waals surface area (Å²) in [6.45, 7) is 4.35. The summed E-state index contributed by atoms with van der Waals surface area (Å²) in [5, 5.41) is 11.7. The Morgan fingerprint density at radius 3 is 2.10 bits per heavy atom. The molecule has 2 rings (SSSR count). The summed E-state index contributed by atoms with van der Waals surface area (Å²) < 4.78 is 0. The van der Waals surface area contributed by atoms with Gasteiger partial charge in [-0.1, -0.05) is 58.6 Å². The summed E-state index contributed by atoms with van der Waals surface area (Å²) in [6.07, 6.45) is -0.675. The standard InChI is InChI=1S/C17H19Cl2NO/c1-10-5-11(2)7-13(6-10)17(21)14(9-20)12-3-4-15(18)16(19)8-12/h3-8,14,17,21H,9,20H2,1-2H3. The lowest BCUT2D eigenvalue weighted by Crippen LogP contribution is -2.20. The number of benzene rings is 2. The van der Waals surface area contributed by atoms with Gasteiger partial charge in [0.1, 0.15) is 0 Å². The van der Waals surface area contributed by atoms with Crippen LogP contribution in [0, 0.1) is 13.8 Å². The van der Waals surface area contributed by atoms with Gasteiger partial charge in [-0.25, -0.2) is 0 Å². The number of hydrogen-bond acceptors (Lipinski definition) is 2. The lowest BCUT2D eigenvalue weighted by molar-refractivity contribution is 0.147. The Hall–Kier alpha value is -1.06. The average molecular weight is 324 g/mol. The summed E-state index contributed by atoms with van der Waals surface area (Å²) >= 11 is 12.0. The van der Waals surface area contributed by atoms with Crippen molar-refractivity contribution >= 4 is 23.2 Å². The fraction of sp³-hybridized carbons (Fsp3) is 0.294. The zero-order chi connectivity index (χ0) is 15.6. The van der Waals surface area contributed by atoms with Crippen molar-refractivity contribution in [2.75, 3.05) is 6.54 Å². The highest BCUT2D eigenvalue weighted by Gasteiger charge is 2.22. The van der Waals surface area contributed by atoms with Gasteiger partial charge in [-0.15, -0.1) is 0 Å². The van der Waals surface area contributed by atoms with Crippen LogP contribution in [0.3, 0.4) is 0 Å². The third kappa shape index (κ3) is 3.78. The molecule has 0 amide bonds. The maximum atomic E-state index is 10.7. The molecule has 2 nitrogen and oxygen atoms in total. The molecule has 0 saturated carbocycles. The lowest BCUT2D eigenvalue weighted by atomic mass is 9.88. The minimum Gasteiger partial charge on any atom is -0.388 e. The minimum atomic E-state index is -0.675. The molecule has 0 radical (unpaired) electrons. The van der Waals surface area contributed by atoms with Gasteiger partial charge in [-0.3, -0.25) is 0 Å². The van der Waals surface area contributed by atoms with Crippen LogP contribution in [0.4, 0.5) is 0 Å². The zero-order valence-electron chi connectivity index (χ0n) is 12.1. The molecule has 2 aromatic rings. The molecule has 0 aliphatic carbocycles. The van der Waals surface area contributed by atoms with Crippen LogP contribution in [0.2, 0.25) is 10.0 Å². The normalized spacial score (nSPS) is 14.0. The highest BCUT2D eigenvalue weighted by atomic mass is 35.5. The van der Waals surface area contributed by atoms with Crippen molar-refractivity contribution in [3.63, 3.8) is 0 Å². The fourth-order valence-corrected chi connectivity index (χ4v) is 2.91. The van der Waals surface area contributed by atoms with Crippen molar-refractivity contribution in [3.8, 4) is 0 Å². The predicted octanol–water partition coefficient (Wildman–Crippen LogP) is 4.39. The van der Waals surface area contributed by atoms with Crippen molar-refractivity contribution < 1.29 is 5.11 Å². The van der Waals surface area contributed by atoms with Gasteiger partial charge < -0.3 is 10.8 Å². The van der Waals surface area contributed by atoms with Crippen molar-refractivity contribution in [2.45, 2.75) is 25.9 Å². The van der Waals surface area contributed by atoms with E-state index in [0.29, 0.717) is 16.6 Å². The predicted molar refractivity (Wildman–Crippen MR) is 89.1 cm³/mol. The van der Waals surface area contributed by atoms with Crippen molar-refractivity contribution in [1.82, 2.24) is 0 Å². The Morgan fingerprint density at radius 1 is 0.952 bits per heavy atom. The molecule has 3 N–H and O–H groups in total. The van der Waals surface area contributed by atoms with Crippen molar-refractivity contribution in [2.24, 2.45) is 5.73 Å². The summed E-state index contributed by atoms with van der Waals surface area (Å²) in [5.74, 6) is -0.221. The van der Waals surface area contributed by atoms with Crippen LogP contribution in [0.25, 0.3) is 0 Å². The Morgan fingerprint density at radius 2 is 1.57 bits per heavy atom. The quantitative estimate of drug-likeness (QED) is 0.876. The van der Waals surface area contributed by atoms with Gasteiger partial charge in [0.15, 0.2) is 0 Å².